The fourth-order valence-electron chi connectivity index (χ4n) is 3.81. The molecule has 0 N–H and O–H groups in total. The van der Waals surface area contributed by atoms with Crippen molar-refractivity contribution in [2.24, 2.45) is 0 Å². The van der Waals surface area contributed by atoms with E-state index in [0.717, 1.165) is 0 Å². The van der Waals surface area contributed by atoms with E-state index in [4.69, 9.17) is 23.7 Å². The van der Waals surface area contributed by atoms with Gasteiger partial charge in [0.25, 0.3) is 0 Å². The summed E-state index contributed by atoms with van der Waals surface area (Å²) in [6.07, 6.45) is -3.56. The first kappa shape index (κ1) is 25.1. The Hall–Kier alpha value is -4.01. The molecule has 3 aromatic carbocycles. The molecule has 0 unspecified atom stereocenters. The van der Waals surface area contributed by atoms with Crippen molar-refractivity contribution in [3.8, 4) is 0 Å². The van der Waals surface area contributed by atoms with Gasteiger partial charge in [-0.2, -0.15) is 0 Å². The van der Waals surface area contributed by atoms with Crippen molar-refractivity contribution in [1.82, 2.24) is 0 Å². The summed E-state index contributed by atoms with van der Waals surface area (Å²) in [5, 5.41) is 0. The van der Waals surface area contributed by atoms with Gasteiger partial charge in [-0.3, -0.25) is 0 Å². The van der Waals surface area contributed by atoms with E-state index in [1.54, 1.807) is 91.0 Å². The van der Waals surface area contributed by atoms with E-state index in [0.29, 0.717) is 16.7 Å². The first-order valence-corrected chi connectivity index (χ1v) is 11.5. The molecule has 1 aliphatic heterocycles. The zero-order valence-electron chi connectivity index (χ0n) is 19.6. The van der Waals surface area contributed by atoms with Gasteiger partial charge in [0.15, 0.2) is 12.4 Å². The Kier molecular flexibility index (Phi) is 8.44. The minimum atomic E-state index is -1.06. The highest BCUT2D eigenvalue weighted by Crippen LogP contribution is 2.28. The molecule has 8 nitrogen and oxygen atoms in total. The molecular weight excluding hydrogens is 464 g/mol. The summed E-state index contributed by atoms with van der Waals surface area (Å²) in [6.45, 7) is -0.105. The fourth-order valence-corrected chi connectivity index (χ4v) is 3.81. The molecule has 0 bridgehead atoms. The predicted octanol–water partition coefficient (Wildman–Crippen LogP) is 4.06. The fraction of sp³-hybridized carbons (Fsp3) is 0.250. The third kappa shape index (κ3) is 6.35. The average Bonchev–Trinajstić information content (AvgIpc) is 2.94. The maximum Gasteiger partial charge on any atom is 0.338 e. The molecule has 1 aliphatic rings. The highest BCUT2D eigenvalue weighted by Gasteiger charge is 2.44. The van der Waals surface area contributed by atoms with Crippen LogP contribution >= 0.6 is 0 Å². The maximum atomic E-state index is 12.8. The van der Waals surface area contributed by atoms with Crippen molar-refractivity contribution >= 4 is 17.9 Å². The minimum Gasteiger partial charge on any atom is -0.459 e. The van der Waals surface area contributed by atoms with Crippen LogP contribution in [0.15, 0.2) is 91.0 Å². The number of ether oxygens (including phenoxy) is 5. The number of hydrogen-bond acceptors (Lipinski definition) is 8. The van der Waals surface area contributed by atoms with Gasteiger partial charge in [-0.25, -0.2) is 14.4 Å². The van der Waals surface area contributed by atoms with Crippen molar-refractivity contribution in [3.63, 3.8) is 0 Å². The van der Waals surface area contributed by atoms with Crippen LogP contribution in [0.25, 0.3) is 0 Å². The molecule has 0 saturated carbocycles. The second-order valence-corrected chi connectivity index (χ2v) is 8.11. The minimum absolute atomic E-state index is 0.105. The smallest absolute Gasteiger partial charge is 0.338 e. The van der Waals surface area contributed by atoms with E-state index in [-0.39, 0.29) is 13.0 Å². The Morgan fingerprint density at radius 3 is 1.69 bits per heavy atom. The zero-order valence-corrected chi connectivity index (χ0v) is 19.6. The van der Waals surface area contributed by atoms with Gasteiger partial charge in [0.2, 0.25) is 0 Å². The number of carbonyl (C=O) groups is 3. The van der Waals surface area contributed by atoms with Crippen molar-refractivity contribution in [1.29, 1.82) is 0 Å². The molecule has 4 rings (SSSR count). The third-order valence-electron chi connectivity index (χ3n) is 5.62. The first-order chi connectivity index (χ1) is 17.5. The van der Waals surface area contributed by atoms with Crippen LogP contribution in [0.5, 0.6) is 0 Å². The SMILES string of the molecule is CO[C@H]1O[C@H](COC(=O)c2ccccc2)C[C@H](OC(=O)c2ccccc2)[C@H]1OC(=O)c1ccccc1. The van der Waals surface area contributed by atoms with Crippen LogP contribution in [0, 0.1) is 0 Å². The van der Waals surface area contributed by atoms with Crippen LogP contribution in [-0.2, 0) is 23.7 Å². The van der Waals surface area contributed by atoms with Crippen molar-refractivity contribution in [2.45, 2.75) is 31.0 Å². The number of rotatable bonds is 8. The molecule has 0 spiro atoms. The van der Waals surface area contributed by atoms with Crippen LogP contribution in [0.2, 0.25) is 0 Å². The summed E-state index contributed by atoms with van der Waals surface area (Å²) in [6, 6.07) is 25.5. The number of hydrogen-bond donors (Lipinski definition) is 0. The molecule has 0 aliphatic carbocycles. The highest BCUT2D eigenvalue weighted by molar-refractivity contribution is 5.90. The lowest BCUT2D eigenvalue weighted by Gasteiger charge is -2.39. The van der Waals surface area contributed by atoms with Crippen LogP contribution in [0.1, 0.15) is 37.5 Å². The summed E-state index contributed by atoms with van der Waals surface area (Å²) >= 11 is 0. The standard InChI is InChI=1S/C28H26O8/c1-32-28-24(36-27(31)21-15-9-4-10-16-21)23(35-26(30)20-13-7-3-8-14-20)17-22(34-28)18-33-25(29)19-11-5-2-6-12-19/h2-16,22-24,28H,17-18H2,1H3/t22-,23-,24+,28-/m0/s1. The molecule has 8 heteroatoms. The molecule has 1 saturated heterocycles. The Morgan fingerprint density at radius 1 is 0.722 bits per heavy atom. The van der Waals surface area contributed by atoms with Crippen LogP contribution in [-0.4, -0.2) is 56.2 Å². The molecule has 1 heterocycles. The first-order valence-electron chi connectivity index (χ1n) is 11.5. The lowest BCUT2D eigenvalue weighted by atomic mass is 10.0. The van der Waals surface area contributed by atoms with Crippen molar-refractivity contribution < 1.29 is 38.1 Å². The molecular formula is C28H26O8. The Morgan fingerprint density at radius 2 is 1.19 bits per heavy atom. The number of methoxy groups -OCH3 is 1. The van der Waals surface area contributed by atoms with E-state index in [1.807, 2.05) is 0 Å². The molecule has 186 valence electrons. The van der Waals surface area contributed by atoms with Gasteiger partial charge in [-0.1, -0.05) is 54.6 Å². The van der Waals surface area contributed by atoms with Gasteiger partial charge < -0.3 is 23.7 Å². The van der Waals surface area contributed by atoms with E-state index in [1.165, 1.54) is 7.11 Å². The number of benzene rings is 3. The molecule has 1 fully saturated rings. The Bertz CT molecular complexity index is 1150. The largest absolute Gasteiger partial charge is 0.459 e. The summed E-state index contributed by atoms with van der Waals surface area (Å²) < 4.78 is 28.2. The van der Waals surface area contributed by atoms with Gasteiger partial charge in [-0.15, -0.1) is 0 Å². The molecule has 0 radical (unpaired) electrons. The van der Waals surface area contributed by atoms with E-state index in [9.17, 15) is 14.4 Å². The number of esters is 3. The quantitative estimate of drug-likeness (QED) is 0.345. The Balaban J connectivity index is 1.50. The van der Waals surface area contributed by atoms with Gasteiger partial charge in [-0.05, 0) is 36.4 Å². The summed E-state index contributed by atoms with van der Waals surface area (Å²) in [5.74, 6) is -1.71. The molecule has 3 aromatic rings. The topological polar surface area (TPSA) is 97.4 Å². The Labute approximate surface area is 208 Å². The normalized spacial score (nSPS) is 21.2. The lowest BCUT2D eigenvalue weighted by molar-refractivity contribution is -0.261. The molecule has 0 aromatic heterocycles. The summed E-state index contributed by atoms with van der Waals surface area (Å²) in [5.41, 5.74) is 1.08. The lowest BCUT2D eigenvalue weighted by Crippen LogP contribution is -2.53. The average molecular weight is 491 g/mol. The molecule has 0 amide bonds. The van der Waals surface area contributed by atoms with E-state index in [2.05, 4.69) is 0 Å². The molecule has 36 heavy (non-hydrogen) atoms. The van der Waals surface area contributed by atoms with Gasteiger partial charge in [0.05, 0.1) is 22.8 Å². The second kappa shape index (κ2) is 12.1. The van der Waals surface area contributed by atoms with Gasteiger partial charge >= 0.3 is 17.9 Å². The van der Waals surface area contributed by atoms with Gasteiger partial charge in [0.1, 0.15) is 12.7 Å². The van der Waals surface area contributed by atoms with Crippen LogP contribution in [0.3, 0.4) is 0 Å². The van der Waals surface area contributed by atoms with E-state index < -0.39 is 42.5 Å². The van der Waals surface area contributed by atoms with Crippen molar-refractivity contribution in [2.75, 3.05) is 13.7 Å². The monoisotopic (exact) mass is 490 g/mol. The maximum absolute atomic E-state index is 12.8. The highest BCUT2D eigenvalue weighted by atomic mass is 16.7. The summed E-state index contributed by atoms with van der Waals surface area (Å²) in [4.78, 5) is 38.0. The van der Waals surface area contributed by atoms with Crippen LogP contribution in [0.4, 0.5) is 0 Å². The second-order valence-electron chi connectivity index (χ2n) is 8.11. The summed E-state index contributed by atoms with van der Waals surface area (Å²) in [7, 11) is 1.39. The van der Waals surface area contributed by atoms with Crippen LogP contribution < -0.4 is 0 Å². The zero-order chi connectivity index (χ0) is 25.3. The predicted molar refractivity (Wildman–Crippen MR) is 128 cm³/mol. The van der Waals surface area contributed by atoms with Crippen molar-refractivity contribution in [3.05, 3.63) is 108 Å². The number of carbonyl (C=O) groups excluding carboxylic acids is 3. The third-order valence-corrected chi connectivity index (χ3v) is 5.62. The molecule has 4 atom stereocenters. The van der Waals surface area contributed by atoms with E-state index >= 15 is 0 Å². The van der Waals surface area contributed by atoms with Gasteiger partial charge in [0, 0.05) is 13.5 Å².